The number of halogens is 1. The molecule has 0 aliphatic carbocycles. The molecule has 2 aromatic rings. The van der Waals surface area contributed by atoms with Crippen LogP contribution in [0.1, 0.15) is 15.9 Å². The first kappa shape index (κ1) is 16.8. The van der Waals surface area contributed by atoms with Gasteiger partial charge in [0.25, 0.3) is 11.6 Å². The lowest BCUT2D eigenvalue weighted by molar-refractivity contribution is -0.385. The van der Waals surface area contributed by atoms with E-state index in [9.17, 15) is 14.9 Å². The van der Waals surface area contributed by atoms with Gasteiger partial charge < -0.3 is 10.1 Å². The van der Waals surface area contributed by atoms with Gasteiger partial charge in [-0.15, -0.1) is 0 Å². The highest BCUT2D eigenvalue weighted by Crippen LogP contribution is 2.23. The summed E-state index contributed by atoms with van der Waals surface area (Å²) in [5.41, 5.74) is 0.716. The third kappa shape index (κ3) is 4.69. The molecule has 2 aromatic carbocycles. The first-order valence-electron chi connectivity index (χ1n) is 6.89. The summed E-state index contributed by atoms with van der Waals surface area (Å²) in [6.45, 7) is 2.44. The molecule has 2 rings (SSSR count). The zero-order chi connectivity index (χ0) is 16.8. The van der Waals surface area contributed by atoms with E-state index >= 15 is 0 Å². The van der Waals surface area contributed by atoms with Gasteiger partial charge in [-0.25, -0.2) is 0 Å². The van der Waals surface area contributed by atoms with Crippen molar-refractivity contribution in [2.24, 2.45) is 0 Å². The zero-order valence-corrected chi connectivity index (χ0v) is 13.2. The molecule has 7 heteroatoms. The molecule has 0 saturated heterocycles. The lowest BCUT2D eigenvalue weighted by atomic mass is 10.1. The summed E-state index contributed by atoms with van der Waals surface area (Å²) in [6.07, 6.45) is 0. The first-order chi connectivity index (χ1) is 11.0. The number of rotatable bonds is 6. The third-order valence-electron chi connectivity index (χ3n) is 3.05. The molecular weight excluding hydrogens is 320 g/mol. The van der Waals surface area contributed by atoms with Crippen LogP contribution >= 0.6 is 11.6 Å². The van der Waals surface area contributed by atoms with E-state index in [0.29, 0.717) is 5.75 Å². The Bertz CT molecular complexity index is 734. The Morgan fingerprint density at radius 3 is 2.78 bits per heavy atom. The van der Waals surface area contributed by atoms with Gasteiger partial charge >= 0.3 is 0 Å². The van der Waals surface area contributed by atoms with Crippen molar-refractivity contribution in [2.45, 2.75) is 6.92 Å². The second kappa shape index (κ2) is 7.60. The molecule has 23 heavy (non-hydrogen) atoms. The normalized spacial score (nSPS) is 10.2. The number of nitrogens with one attached hydrogen (secondary N) is 1. The smallest absolute Gasteiger partial charge is 0.283 e. The fourth-order valence-electron chi connectivity index (χ4n) is 1.98. The molecule has 0 spiro atoms. The van der Waals surface area contributed by atoms with Crippen molar-refractivity contribution in [2.75, 3.05) is 13.2 Å². The number of nitrogens with zero attached hydrogens (tertiary/aromatic N) is 1. The number of nitro benzene ring substituents is 1. The van der Waals surface area contributed by atoms with Crippen molar-refractivity contribution in [3.8, 4) is 5.75 Å². The average Bonchev–Trinajstić information content (AvgIpc) is 2.51. The molecule has 0 bridgehead atoms. The summed E-state index contributed by atoms with van der Waals surface area (Å²) in [4.78, 5) is 22.4. The molecule has 0 heterocycles. The standard InChI is InChI=1S/C16H15ClN2O4/c1-11-3-2-4-13(9-11)23-8-7-18-16(20)14-6-5-12(17)10-15(14)19(21)22/h2-6,9-10H,7-8H2,1H3,(H,18,20). The number of aryl methyl sites for hydroxylation is 1. The molecule has 0 unspecified atom stereocenters. The molecule has 1 amide bonds. The van der Waals surface area contributed by atoms with Crippen molar-refractivity contribution >= 4 is 23.2 Å². The molecule has 0 fully saturated rings. The monoisotopic (exact) mass is 334 g/mol. The number of nitro groups is 1. The van der Waals surface area contributed by atoms with E-state index in [1.54, 1.807) is 0 Å². The minimum absolute atomic E-state index is 0.0324. The van der Waals surface area contributed by atoms with Gasteiger partial charge in [-0.2, -0.15) is 0 Å². The summed E-state index contributed by atoms with van der Waals surface area (Å²) in [5, 5.41) is 13.8. The Labute approximate surface area is 138 Å². The second-order valence-electron chi connectivity index (χ2n) is 4.84. The summed E-state index contributed by atoms with van der Waals surface area (Å²) >= 11 is 5.72. The molecule has 120 valence electrons. The SMILES string of the molecule is Cc1cccc(OCCNC(=O)c2ccc(Cl)cc2[N+](=O)[O-])c1. The maximum absolute atomic E-state index is 12.0. The third-order valence-corrected chi connectivity index (χ3v) is 3.28. The van der Waals surface area contributed by atoms with Crippen molar-refractivity contribution in [3.63, 3.8) is 0 Å². The van der Waals surface area contributed by atoms with Gasteiger partial charge in [0.05, 0.1) is 11.5 Å². The van der Waals surface area contributed by atoms with E-state index in [-0.39, 0.29) is 29.4 Å². The van der Waals surface area contributed by atoms with Gasteiger partial charge in [0.2, 0.25) is 0 Å². The lowest BCUT2D eigenvalue weighted by Gasteiger charge is -2.08. The summed E-state index contributed by atoms with van der Waals surface area (Å²) in [7, 11) is 0. The highest BCUT2D eigenvalue weighted by atomic mass is 35.5. The highest BCUT2D eigenvalue weighted by Gasteiger charge is 2.20. The fraction of sp³-hybridized carbons (Fsp3) is 0.188. The number of benzene rings is 2. The van der Waals surface area contributed by atoms with E-state index in [0.717, 1.165) is 11.6 Å². The van der Waals surface area contributed by atoms with Gasteiger partial charge in [0.1, 0.15) is 17.9 Å². The Kier molecular flexibility index (Phi) is 5.54. The Balaban J connectivity index is 1.91. The number of ether oxygens (including phenoxy) is 1. The molecule has 1 N–H and O–H groups in total. The lowest BCUT2D eigenvalue weighted by Crippen LogP contribution is -2.28. The molecule has 0 saturated carbocycles. The van der Waals surface area contributed by atoms with Crippen molar-refractivity contribution in [1.82, 2.24) is 5.32 Å². The van der Waals surface area contributed by atoms with E-state index in [1.165, 1.54) is 12.1 Å². The van der Waals surface area contributed by atoms with E-state index < -0.39 is 10.8 Å². The Morgan fingerprint density at radius 1 is 1.30 bits per heavy atom. The maximum Gasteiger partial charge on any atom is 0.283 e. The summed E-state index contributed by atoms with van der Waals surface area (Å²) < 4.78 is 5.50. The average molecular weight is 335 g/mol. The highest BCUT2D eigenvalue weighted by molar-refractivity contribution is 6.31. The van der Waals surface area contributed by atoms with Gasteiger partial charge in [-0.1, -0.05) is 23.7 Å². The fourth-order valence-corrected chi connectivity index (χ4v) is 2.15. The molecular formula is C16H15ClN2O4. The van der Waals surface area contributed by atoms with Crippen LogP contribution in [-0.2, 0) is 0 Å². The zero-order valence-electron chi connectivity index (χ0n) is 12.4. The molecule has 0 aliphatic heterocycles. The molecule has 0 radical (unpaired) electrons. The van der Waals surface area contributed by atoms with Crippen molar-refractivity contribution in [1.29, 1.82) is 0 Å². The molecule has 6 nitrogen and oxygen atoms in total. The van der Waals surface area contributed by atoms with Crippen molar-refractivity contribution < 1.29 is 14.5 Å². The maximum atomic E-state index is 12.0. The van der Waals surface area contributed by atoms with Crippen LogP contribution in [0.3, 0.4) is 0 Å². The largest absolute Gasteiger partial charge is 0.492 e. The van der Waals surface area contributed by atoms with Crippen LogP contribution in [0.25, 0.3) is 0 Å². The van der Waals surface area contributed by atoms with Crippen LogP contribution < -0.4 is 10.1 Å². The molecule has 0 atom stereocenters. The van der Waals surface area contributed by atoms with Gasteiger partial charge in [0.15, 0.2) is 0 Å². The minimum atomic E-state index is -0.635. The predicted octanol–water partition coefficient (Wildman–Crippen LogP) is 3.37. The van der Waals surface area contributed by atoms with Crippen molar-refractivity contribution in [3.05, 3.63) is 68.7 Å². The van der Waals surface area contributed by atoms with Crippen LogP contribution in [-0.4, -0.2) is 24.0 Å². The van der Waals surface area contributed by atoms with Gasteiger partial charge in [-0.3, -0.25) is 14.9 Å². The van der Waals surface area contributed by atoms with E-state index in [2.05, 4.69) is 5.32 Å². The van der Waals surface area contributed by atoms with Gasteiger partial charge in [0, 0.05) is 11.1 Å². The van der Waals surface area contributed by atoms with Crippen LogP contribution in [0, 0.1) is 17.0 Å². The summed E-state index contributed by atoms with van der Waals surface area (Å²) in [5.74, 6) is 0.165. The number of hydrogen-bond acceptors (Lipinski definition) is 4. The minimum Gasteiger partial charge on any atom is -0.492 e. The summed E-state index contributed by atoms with van der Waals surface area (Å²) in [6, 6.07) is 11.4. The number of carbonyl (C=O) groups is 1. The van der Waals surface area contributed by atoms with Crippen LogP contribution in [0.5, 0.6) is 5.75 Å². The van der Waals surface area contributed by atoms with E-state index in [4.69, 9.17) is 16.3 Å². The topological polar surface area (TPSA) is 81.5 Å². The second-order valence-corrected chi connectivity index (χ2v) is 5.28. The van der Waals surface area contributed by atoms with Crippen LogP contribution in [0.4, 0.5) is 5.69 Å². The Morgan fingerprint density at radius 2 is 2.09 bits per heavy atom. The van der Waals surface area contributed by atoms with E-state index in [1.807, 2.05) is 31.2 Å². The molecule has 0 aliphatic rings. The van der Waals surface area contributed by atoms with Crippen LogP contribution in [0.15, 0.2) is 42.5 Å². The number of amides is 1. The van der Waals surface area contributed by atoms with Crippen LogP contribution in [0.2, 0.25) is 5.02 Å². The van der Waals surface area contributed by atoms with Gasteiger partial charge in [-0.05, 0) is 36.8 Å². The Hall–Kier alpha value is -2.60. The first-order valence-corrected chi connectivity index (χ1v) is 7.27. The molecule has 0 aromatic heterocycles. The quantitative estimate of drug-likeness (QED) is 0.499. The number of hydrogen-bond donors (Lipinski definition) is 1. The number of carbonyl (C=O) groups excluding carboxylic acids is 1. The predicted molar refractivity (Wildman–Crippen MR) is 87.1 cm³/mol.